The van der Waals surface area contributed by atoms with Crippen molar-refractivity contribution in [1.82, 2.24) is 4.90 Å². The molecule has 0 unspecified atom stereocenters. The van der Waals surface area contributed by atoms with Gasteiger partial charge in [-0.25, -0.2) is 0 Å². The third-order valence-corrected chi connectivity index (χ3v) is 4.64. The van der Waals surface area contributed by atoms with Gasteiger partial charge in [0.15, 0.2) is 0 Å². The molecule has 0 saturated heterocycles. The number of nitrogens with zero attached hydrogens (tertiary/aromatic N) is 2. The van der Waals surface area contributed by atoms with E-state index in [1.807, 2.05) is 29.5 Å². The fourth-order valence-corrected chi connectivity index (χ4v) is 3.25. The van der Waals surface area contributed by atoms with Gasteiger partial charge in [0.05, 0.1) is 12.7 Å². The molecule has 1 fully saturated rings. The average Bonchev–Trinajstić information content (AvgIpc) is 3.24. The summed E-state index contributed by atoms with van der Waals surface area (Å²) >= 11 is 1.81. The van der Waals surface area contributed by atoms with Gasteiger partial charge in [-0.3, -0.25) is 4.90 Å². The molecule has 0 atom stereocenters. The molecule has 2 aromatic rings. The van der Waals surface area contributed by atoms with Crippen LogP contribution in [0, 0.1) is 11.3 Å². The minimum atomic E-state index is 0.595. The second kappa shape index (κ2) is 6.30. The van der Waals surface area contributed by atoms with E-state index >= 15 is 0 Å². The van der Waals surface area contributed by atoms with Gasteiger partial charge in [-0.05, 0) is 42.0 Å². The highest BCUT2D eigenvalue weighted by atomic mass is 32.1. The van der Waals surface area contributed by atoms with E-state index in [0.29, 0.717) is 17.4 Å². The molecule has 1 saturated carbocycles. The van der Waals surface area contributed by atoms with E-state index in [1.165, 1.54) is 23.3 Å². The molecular weight excluding hydrogens is 280 g/mol. The number of hydrogen-bond donors (Lipinski definition) is 0. The van der Waals surface area contributed by atoms with Gasteiger partial charge in [-0.15, -0.1) is 11.3 Å². The van der Waals surface area contributed by atoms with Crippen molar-refractivity contribution in [3.63, 3.8) is 0 Å². The van der Waals surface area contributed by atoms with Crippen molar-refractivity contribution in [2.75, 3.05) is 7.11 Å². The first-order valence-corrected chi connectivity index (χ1v) is 8.01. The number of rotatable bonds is 6. The van der Waals surface area contributed by atoms with Gasteiger partial charge in [0.2, 0.25) is 0 Å². The highest BCUT2D eigenvalue weighted by Gasteiger charge is 2.29. The topological polar surface area (TPSA) is 36.3 Å². The maximum atomic E-state index is 9.05. The van der Waals surface area contributed by atoms with Crippen molar-refractivity contribution >= 4 is 11.3 Å². The predicted octanol–water partition coefficient (Wildman–Crippen LogP) is 3.79. The van der Waals surface area contributed by atoms with Crippen LogP contribution in [0.1, 0.15) is 28.8 Å². The lowest BCUT2D eigenvalue weighted by Crippen LogP contribution is -2.24. The van der Waals surface area contributed by atoms with Crippen LogP contribution >= 0.6 is 11.3 Å². The third kappa shape index (κ3) is 3.44. The highest BCUT2D eigenvalue weighted by molar-refractivity contribution is 7.09. The summed E-state index contributed by atoms with van der Waals surface area (Å²) in [5.74, 6) is 0.668. The fraction of sp³-hybridized carbons (Fsp3) is 0.353. The summed E-state index contributed by atoms with van der Waals surface area (Å²) in [6.07, 6.45) is 2.58. The minimum Gasteiger partial charge on any atom is -0.495 e. The van der Waals surface area contributed by atoms with Crippen LogP contribution in [0.3, 0.4) is 0 Å². The molecule has 108 valence electrons. The molecule has 1 aromatic heterocycles. The normalized spacial score (nSPS) is 14.1. The van der Waals surface area contributed by atoms with E-state index in [2.05, 4.69) is 28.5 Å². The summed E-state index contributed by atoms with van der Waals surface area (Å²) in [6, 6.07) is 13.0. The van der Waals surface area contributed by atoms with E-state index in [4.69, 9.17) is 10.00 Å². The average molecular weight is 298 g/mol. The zero-order chi connectivity index (χ0) is 14.7. The zero-order valence-electron chi connectivity index (χ0n) is 12.1. The number of benzene rings is 1. The lowest BCUT2D eigenvalue weighted by atomic mass is 10.1. The maximum absolute atomic E-state index is 9.05. The molecule has 0 amide bonds. The number of hydrogen-bond acceptors (Lipinski definition) is 4. The van der Waals surface area contributed by atoms with Crippen LogP contribution < -0.4 is 4.74 Å². The van der Waals surface area contributed by atoms with Crippen LogP contribution in [0.2, 0.25) is 0 Å². The van der Waals surface area contributed by atoms with E-state index in [-0.39, 0.29) is 0 Å². The standard InChI is InChI=1S/C17H18N2OS/c1-20-17-9-13(4-5-14(17)10-18)11-19(15-6-7-15)12-16-3-2-8-21-16/h2-5,8-9,15H,6-7,11-12H2,1H3. The summed E-state index contributed by atoms with van der Waals surface area (Å²) < 4.78 is 5.30. The molecule has 0 aliphatic heterocycles. The molecule has 1 aromatic carbocycles. The van der Waals surface area contributed by atoms with Crippen LogP contribution in [-0.4, -0.2) is 18.1 Å². The second-order valence-electron chi connectivity index (χ2n) is 5.36. The molecule has 3 nitrogen and oxygen atoms in total. The van der Waals surface area contributed by atoms with Gasteiger partial charge in [0.1, 0.15) is 11.8 Å². The smallest absolute Gasteiger partial charge is 0.136 e. The van der Waals surface area contributed by atoms with Crippen molar-refractivity contribution in [2.45, 2.75) is 32.0 Å². The van der Waals surface area contributed by atoms with E-state index in [1.54, 1.807) is 7.11 Å². The highest BCUT2D eigenvalue weighted by Crippen LogP contribution is 2.31. The fourth-order valence-electron chi connectivity index (χ4n) is 2.52. The molecule has 1 heterocycles. The first kappa shape index (κ1) is 14.1. The van der Waals surface area contributed by atoms with Crippen molar-refractivity contribution in [3.8, 4) is 11.8 Å². The van der Waals surface area contributed by atoms with Gasteiger partial charge in [-0.1, -0.05) is 12.1 Å². The predicted molar refractivity (Wildman–Crippen MR) is 84.3 cm³/mol. The molecule has 0 spiro atoms. The van der Waals surface area contributed by atoms with Gasteiger partial charge in [-0.2, -0.15) is 5.26 Å². The molecule has 3 rings (SSSR count). The summed E-state index contributed by atoms with van der Waals surface area (Å²) in [4.78, 5) is 3.93. The molecule has 0 bridgehead atoms. The van der Waals surface area contributed by atoms with Crippen LogP contribution in [0.25, 0.3) is 0 Å². The van der Waals surface area contributed by atoms with Crippen molar-refractivity contribution in [2.24, 2.45) is 0 Å². The Kier molecular flexibility index (Phi) is 4.23. The lowest BCUT2D eigenvalue weighted by molar-refractivity contribution is 0.247. The van der Waals surface area contributed by atoms with Crippen LogP contribution in [0.5, 0.6) is 5.75 Å². The Balaban J connectivity index is 1.75. The van der Waals surface area contributed by atoms with Gasteiger partial charge >= 0.3 is 0 Å². The van der Waals surface area contributed by atoms with Gasteiger partial charge in [0, 0.05) is 24.0 Å². The number of ether oxygens (including phenoxy) is 1. The SMILES string of the molecule is COc1cc(CN(Cc2cccs2)C2CC2)ccc1C#N. The Morgan fingerprint density at radius 3 is 2.81 bits per heavy atom. The molecule has 1 aliphatic carbocycles. The second-order valence-corrected chi connectivity index (χ2v) is 6.39. The zero-order valence-corrected chi connectivity index (χ0v) is 12.9. The van der Waals surface area contributed by atoms with Crippen molar-refractivity contribution < 1.29 is 4.74 Å². The Hall–Kier alpha value is -1.83. The van der Waals surface area contributed by atoms with Gasteiger partial charge in [0.25, 0.3) is 0 Å². The molecule has 0 N–H and O–H groups in total. The Labute approximate surface area is 129 Å². The first-order chi connectivity index (χ1) is 10.3. The minimum absolute atomic E-state index is 0.595. The summed E-state index contributed by atoms with van der Waals surface area (Å²) in [5, 5.41) is 11.2. The first-order valence-electron chi connectivity index (χ1n) is 7.13. The summed E-state index contributed by atoms with van der Waals surface area (Å²) in [6.45, 7) is 1.91. The monoisotopic (exact) mass is 298 g/mol. The van der Waals surface area contributed by atoms with Crippen LogP contribution in [0.4, 0.5) is 0 Å². The Bertz CT molecular complexity index is 641. The van der Waals surface area contributed by atoms with Gasteiger partial charge < -0.3 is 4.74 Å². The molecule has 0 radical (unpaired) electrons. The van der Waals surface area contributed by atoms with E-state index < -0.39 is 0 Å². The third-order valence-electron chi connectivity index (χ3n) is 3.77. The maximum Gasteiger partial charge on any atom is 0.136 e. The summed E-state index contributed by atoms with van der Waals surface area (Å²) in [7, 11) is 1.62. The quantitative estimate of drug-likeness (QED) is 0.814. The van der Waals surface area contributed by atoms with E-state index in [0.717, 1.165) is 13.1 Å². The number of thiophene rings is 1. The van der Waals surface area contributed by atoms with E-state index in [9.17, 15) is 0 Å². The Morgan fingerprint density at radius 1 is 1.33 bits per heavy atom. The van der Waals surface area contributed by atoms with Crippen molar-refractivity contribution in [3.05, 3.63) is 51.7 Å². The van der Waals surface area contributed by atoms with Crippen LogP contribution in [0.15, 0.2) is 35.7 Å². The number of methoxy groups -OCH3 is 1. The number of nitriles is 1. The molecule has 1 aliphatic rings. The lowest BCUT2D eigenvalue weighted by Gasteiger charge is -2.21. The Morgan fingerprint density at radius 2 is 2.19 bits per heavy atom. The molecule has 4 heteroatoms. The van der Waals surface area contributed by atoms with Crippen molar-refractivity contribution in [1.29, 1.82) is 5.26 Å². The van der Waals surface area contributed by atoms with Crippen LogP contribution in [-0.2, 0) is 13.1 Å². The largest absolute Gasteiger partial charge is 0.495 e. The molecular formula is C17H18N2OS. The molecule has 21 heavy (non-hydrogen) atoms. The summed E-state index contributed by atoms with van der Waals surface area (Å²) in [5.41, 5.74) is 1.80.